The van der Waals surface area contributed by atoms with Crippen molar-refractivity contribution in [2.75, 3.05) is 18.0 Å². The first-order chi connectivity index (χ1) is 13.8. The average Bonchev–Trinajstić information content (AvgIpc) is 3.33. The van der Waals surface area contributed by atoms with Gasteiger partial charge in [-0.2, -0.15) is 4.98 Å². The first-order valence-corrected chi connectivity index (χ1v) is 9.84. The molecule has 1 saturated heterocycles. The Morgan fingerprint density at radius 1 is 1.11 bits per heavy atom. The summed E-state index contributed by atoms with van der Waals surface area (Å²) in [4.78, 5) is 23.5. The third-order valence-electron chi connectivity index (χ3n) is 4.72. The van der Waals surface area contributed by atoms with E-state index in [9.17, 15) is 4.79 Å². The van der Waals surface area contributed by atoms with Gasteiger partial charge < -0.3 is 14.7 Å². The Labute approximate surface area is 165 Å². The minimum Gasteiger partial charge on any atom is -0.347 e. The molecule has 3 heterocycles. The van der Waals surface area contributed by atoms with Gasteiger partial charge in [0.05, 0.1) is 22.7 Å². The molecule has 0 radical (unpaired) electrons. The highest BCUT2D eigenvalue weighted by Gasteiger charge is 2.34. The number of aromatic nitrogens is 3. The van der Waals surface area contributed by atoms with Crippen LogP contribution in [0.5, 0.6) is 0 Å². The van der Waals surface area contributed by atoms with E-state index in [4.69, 9.17) is 4.52 Å². The Hall–Kier alpha value is -3.26. The van der Waals surface area contributed by atoms with Gasteiger partial charge in [0.2, 0.25) is 17.6 Å². The Morgan fingerprint density at radius 3 is 2.71 bits per heavy atom. The molecule has 1 aliphatic rings. The second-order valence-electron chi connectivity index (χ2n) is 6.66. The number of carbonyl (C=O) groups is 1. The Morgan fingerprint density at radius 2 is 1.89 bits per heavy atom. The second-order valence-corrected chi connectivity index (χ2v) is 7.67. The molecule has 1 amide bonds. The molecule has 0 saturated carbocycles. The number of hydrogen-bond acceptors (Lipinski definition) is 7. The van der Waals surface area contributed by atoms with Gasteiger partial charge in [0.25, 0.3) is 0 Å². The highest BCUT2D eigenvalue weighted by Crippen LogP contribution is 2.32. The highest BCUT2D eigenvalue weighted by molar-refractivity contribution is 7.22. The zero-order valence-electron chi connectivity index (χ0n) is 14.9. The van der Waals surface area contributed by atoms with Gasteiger partial charge in [0.15, 0.2) is 5.13 Å². The monoisotopic (exact) mass is 391 g/mol. The van der Waals surface area contributed by atoms with Gasteiger partial charge in [-0.15, -0.1) is 0 Å². The number of thiazole rings is 1. The SMILES string of the molecule is O=C(NCc1nc(-c2ccccc2)no1)C1CN(c2nc3ccccc3s2)C1. The highest BCUT2D eigenvalue weighted by atomic mass is 32.1. The molecule has 2 aromatic carbocycles. The molecule has 0 aliphatic carbocycles. The summed E-state index contributed by atoms with van der Waals surface area (Å²) >= 11 is 1.66. The van der Waals surface area contributed by atoms with Crippen molar-refractivity contribution in [3.63, 3.8) is 0 Å². The smallest absolute Gasteiger partial charge is 0.246 e. The predicted octanol–water partition coefficient (Wildman–Crippen LogP) is 3.10. The van der Waals surface area contributed by atoms with Crippen LogP contribution in [0.2, 0.25) is 0 Å². The number of carbonyl (C=O) groups excluding carboxylic acids is 1. The van der Waals surface area contributed by atoms with Crippen molar-refractivity contribution in [3.05, 3.63) is 60.5 Å². The number of amides is 1. The van der Waals surface area contributed by atoms with Crippen LogP contribution in [0.4, 0.5) is 5.13 Å². The minimum atomic E-state index is -0.0523. The lowest BCUT2D eigenvalue weighted by atomic mass is 10.0. The number of para-hydroxylation sites is 1. The first-order valence-electron chi connectivity index (χ1n) is 9.02. The van der Waals surface area contributed by atoms with Crippen LogP contribution in [-0.4, -0.2) is 34.1 Å². The molecule has 8 heteroatoms. The third kappa shape index (κ3) is 3.22. The molecule has 0 bridgehead atoms. The van der Waals surface area contributed by atoms with E-state index in [1.807, 2.05) is 48.5 Å². The van der Waals surface area contributed by atoms with Gasteiger partial charge in [0.1, 0.15) is 0 Å². The van der Waals surface area contributed by atoms with Crippen molar-refractivity contribution in [1.29, 1.82) is 0 Å². The van der Waals surface area contributed by atoms with Crippen molar-refractivity contribution in [2.24, 2.45) is 5.92 Å². The number of hydrogen-bond donors (Lipinski definition) is 1. The number of benzene rings is 2. The number of anilines is 1. The molecule has 28 heavy (non-hydrogen) atoms. The molecule has 140 valence electrons. The fourth-order valence-corrected chi connectivity index (χ4v) is 4.12. The summed E-state index contributed by atoms with van der Waals surface area (Å²) in [7, 11) is 0. The van der Waals surface area contributed by atoms with Crippen LogP contribution in [0.25, 0.3) is 21.6 Å². The van der Waals surface area contributed by atoms with E-state index in [0.717, 1.165) is 20.9 Å². The molecule has 5 rings (SSSR count). The summed E-state index contributed by atoms with van der Waals surface area (Å²) in [6.45, 7) is 1.58. The third-order valence-corrected chi connectivity index (χ3v) is 5.82. The Balaban J connectivity index is 1.15. The van der Waals surface area contributed by atoms with Gasteiger partial charge >= 0.3 is 0 Å². The molecule has 1 aliphatic heterocycles. The number of rotatable bonds is 5. The summed E-state index contributed by atoms with van der Waals surface area (Å²) in [5.41, 5.74) is 1.88. The quantitative estimate of drug-likeness (QED) is 0.563. The van der Waals surface area contributed by atoms with Crippen LogP contribution in [-0.2, 0) is 11.3 Å². The average molecular weight is 391 g/mol. The molecular formula is C20H17N5O2S. The molecule has 1 fully saturated rings. The molecule has 7 nitrogen and oxygen atoms in total. The zero-order chi connectivity index (χ0) is 18.9. The minimum absolute atomic E-state index is 0.00294. The number of nitrogens with one attached hydrogen (secondary N) is 1. The number of nitrogens with zero attached hydrogens (tertiary/aromatic N) is 4. The Kier molecular flexibility index (Phi) is 4.25. The predicted molar refractivity (Wildman–Crippen MR) is 107 cm³/mol. The van der Waals surface area contributed by atoms with Gasteiger partial charge in [0, 0.05) is 18.7 Å². The van der Waals surface area contributed by atoms with E-state index >= 15 is 0 Å². The standard InChI is InChI=1S/C20H17N5O2S/c26-19(21-10-17-23-18(24-27-17)13-6-2-1-3-7-13)14-11-25(12-14)20-22-15-8-4-5-9-16(15)28-20/h1-9,14H,10-12H2,(H,21,26). The van der Waals surface area contributed by atoms with Crippen LogP contribution in [0.15, 0.2) is 59.1 Å². The molecule has 0 unspecified atom stereocenters. The van der Waals surface area contributed by atoms with E-state index in [1.54, 1.807) is 11.3 Å². The lowest BCUT2D eigenvalue weighted by molar-refractivity contribution is -0.126. The molecule has 2 aromatic heterocycles. The van der Waals surface area contributed by atoms with Crippen LogP contribution in [0.3, 0.4) is 0 Å². The maximum Gasteiger partial charge on any atom is 0.246 e. The largest absolute Gasteiger partial charge is 0.347 e. The Bertz CT molecular complexity index is 1080. The van der Waals surface area contributed by atoms with Gasteiger partial charge in [-0.25, -0.2) is 4.98 Å². The molecule has 0 spiro atoms. The van der Waals surface area contributed by atoms with Crippen LogP contribution < -0.4 is 10.2 Å². The second kappa shape index (κ2) is 7.05. The van der Waals surface area contributed by atoms with Crippen LogP contribution >= 0.6 is 11.3 Å². The fraction of sp³-hybridized carbons (Fsp3) is 0.200. The summed E-state index contributed by atoms with van der Waals surface area (Å²) < 4.78 is 6.39. The van der Waals surface area contributed by atoms with E-state index in [0.29, 0.717) is 24.8 Å². The van der Waals surface area contributed by atoms with Crippen molar-refractivity contribution in [2.45, 2.75) is 6.54 Å². The van der Waals surface area contributed by atoms with Crippen molar-refractivity contribution < 1.29 is 9.32 Å². The van der Waals surface area contributed by atoms with Crippen LogP contribution in [0, 0.1) is 5.92 Å². The fourth-order valence-electron chi connectivity index (χ4n) is 3.13. The maximum absolute atomic E-state index is 12.4. The maximum atomic E-state index is 12.4. The summed E-state index contributed by atoms with van der Waals surface area (Å²) in [5, 5.41) is 7.82. The van der Waals surface area contributed by atoms with E-state index in [2.05, 4.69) is 31.4 Å². The summed E-state index contributed by atoms with van der Waals surface area (Å²) in [6, 6.07) is 17.7. The lowest BCUT2D eigenvalue weighted by Crippen LogP contribution is -2.53. The molecular weight excluding hydrogens is 374 g/mol. The van der Waals surface area contributed by atoms with Gasteiger partial charge in [-0.1, -0.05) is 59.0 Å². The van der Waals surface area contributed by atoms with E-state index in [-0.39, 0.29) is 18.4 Å². The lowest BCUT2D eigenvalue weighted by Gasteiger charge is -2.37. The van der Waals surface area contributed by atoms with Crippen molar-refractivity contribution >= 4 is 32.6 Å². The normalized spacial score (nSPS) is 14.2. The van der Waals surface area contributed by atoms with Gasteiger partial charge in [-0.3, -0.25) is 4.79 Å². The number of fused-ring (bicyclic) bond motifs is 1. The van der Waals surface area contributed by atoms with Crippen LogP contribution in [0.1, 0.15) is 5.89 Å². The van der Waals surface area contributed by atoms with Gasteiger partial charge in [-0.05, 0) is 12.1 Å². The molecule has 1 N–H and O–H groups in total. The zero-order valence-corrected chi connectivity index (χ0v) is 15.7. The topological polar surface area (TPSA) is 84.2 Å². The molecule has 4 aromatic rings. The molecule has 0 atom stereocenters. The van der Waals surface area contributed by atoms with E-state index in [1.165, 1.54) is 0 Å². The van der Waals surface area contributed by atoms with Crippen molar-refractivity contribution in [3.8, 4) is 11.4 Å². The summed E-state index contributed by atoms with van der Waals surface area (Å²) in [5.74, 6) is 0.866. The van der Waals surface area contributed by atoms with Crippen molar-refractivity contribution in [1.82, 2.24) is 20.4 Å². The first kappa shape index (κ1) is 16.9. The summed E-state index contributed by atoms with van der Waals surface area (Å²) in [6.07, 6.45) is 0. The van der Waals surface area contributed by atoms with E-state index < -0.39 is 0 Å².